The highest BCUT2D eigenvalue weighted by molar-refractivity contribution is 6.61. The maximum atomic E-state index is 15.8. The second-order valence-corrected chi connectivity index (χ2v) is 36.0. The summed E-state index contributed by atoms with van der Waals surface area (Å²) in [5.41, 5.74) is 12.4. The van der Waals surface area contributed by atoms with E-state index in [1.807, 2.05) is 42.5 Å². The zero-order chi connectivity index (χ0) is 84.2. The number of anilines is 2. The van der Waals surface area contributed by atoms with E-state index in [2.05, 4.69) is 195 Å². The fourth-order valence-electron chi connectivity index (χ4n) is 17.1. The molecule has 0 saturated carbocycles. The van der Waals surface area contributed by atoms with E-state index in [0.717, 1.165) is 205 Å². The number of carbonyl (C=O) groups is 4. The summed E-state index contributed by atoms with van der Waals surface area (Å²) in [4.78, 5) is 81.3. The average Bonchev–Trinajstić information content (AvgIpc) is 1.60. The fourth-order valence-corrected chi connectivity index (χ4v) is 17.1. The molecule has 0 saturated heterocycles. The zero-order valence-electron chi connectivity index (χ0n) is 76.2. The SMILES string of the molecule is CCCCC(CC)CN(C(=O)c1cc(N/N=C2/C(=N)C(c3cc(C4=CC(C(C)(C)C)/C(=N\Nc5cc(C(=O)N(CC(CC)CCCC)C(CC)CCCC)cc(C(=O)N(CC(CC)CCCC)C(CC)CCCC)c5)C4=N)ncn3)=CC2C(C)(C)C)cc(C(=O)N(CC(CC)CCCC)C(CC)CCCC)c1)C(CC)CCCC. The summed E-state index contributed by atoms with van der Waals surface area (Å²) in [6.45, 7) is 51.0. The van der Waals surface area contributed by atoms with E-state index in [1.165, 1.54) is 6.33 Å². The third kappa shape index (κ3) is 28.2. The molecule has 0 aliphatic heterocycles. The maximum Gasteiger partial charge on any atom is 0.254 e. The van der Waals surface area contributed by atoms with Gasteiger partial charge in [0.05, 0.1) is 45.6 Å². The number of nitrogens with one attached hydrogen (secondary N) is 4. The number of nitrogens with zero attached hydrogens (tertiary/aromatic N) is 8. The second-order valence-electron chi connectivity index (χ2n) is 36.0. The Morgan fingerprint density at radius 3 is 0.807 bits per heavy atom. The topological polar surface area (TPSA) is 204 Å². The van der Waals surface area contributed by atoms with Crippen LogP contribution in [0.5, 0.6) is 0 Å². The Hall–Kier alpha value is -6.84. The summed E-state index contributed by atoms with van der Waals surface area (Å²) in [5.74, 6) is 0.400. The quantitative estimate of drug-likeness (QED) is 0.0399. The first-order chi connectivity index (χ1) is 54.6. The van der Waals surface area contributed by atoms with Crippen LogP contribution in [0.3, 0.4) is 0 Å². The summed E-state index contributed by atoms with van der Waals surface area (Å²) >= 11 is 0. The van der Waals surface area contributed by atoms with Gasteiger partial charge in [0.15, 0.2) is 0 Å². The van der Waals surface area contributed by atoms with Gasteiger partial charge in [-0.1, -0.05) is 293 Å². The third-order valence-corrected chi connectivity index (χ3v) is 25.1. The molecule has 3 aromatic rings. The van der Waals surface area contributed by atoms with Gasteiger partial charge in [-0.3, -0.25) is 40.8 Å². The standard InChI is InChI=1S/C98H162N12O4/c1-23-39-47-69(31-9)64-107(79(35-13)51-43-27-5)93(111)73-55-74(94(112)108(80(36-14)52-44-28-6)65-70(32-10)48-40-24-2)58-77(57-73)103-105-91-85(97(17,18)19)61-83(89(91)99)87-63-88(102-68-101-87)84-62-86(98(20,21)22)92(90(84)100)106-104-78-59-75(95(113)109(81(37-15)53-45-29-7)66-71(33-11)49-41-25-3)56-76(60-78)96(114)110(82(38-16)54-46-30-8)67-72(34-12)50-42-26-4/h55-63,68-72,79-82,85-86,99-100,103-104H,23-54,64-67H2,1-22H3/b99-89?,100-90?,105-91+,106-92+. The molecule has 10 unspecified atom stereocenters. The molecule has 1 heterocycles. The minimum Gasteiger partial charge on any atom is -0.335 e. The van der Waals surface area contributed by atoms with E-state index in [-0.39, 0.29) is 71.1 Å². The minimum absolute atomic E-state index is 0.0402. The van der Waals surface area contributed by atoms with Crippen molar-refractivity contribution in [3.63, 3.8) is 0 Å². The monoisotopic (exact) mass is 1570 g/mol. The number of carbonyl (C=O) groups excluding carboxylic acids is 4. The normalized spacial score (nSPS) is 17.5. The highest BCUT2D eigenvalue weighted by atomic mass is 16.2. The van der Waals surface area contributed by atoms with E-state index in [0.29, 0.717) is 117 Å². The van der Waals surface area contributed by atoms with Gasteiger partial charge in [-0.2, -0.15) is 10.2 Å². The van der Waals surface area contributed by atoms with Crippen molar-refractivity contribution in [2.24, 2.45) is 56.5 Å². The lowest BCUT2D eigenvalue weighted by molar-refractivity contribution is 0.0597. The molecule has 4 amide bonds. The number of hydrogen-bond acceptors (Lipinski definition) is 12. The van der Waals surface area contributed by atoms with E-state index < -0.39 is 10.8 Å². The zero-order valence-corrected chi connectivity index (χ0v) is 76.2. The van der Waals surface area contributed by atoms with Gasteiger partial charge in [-0.05, 0) is 154 Å². The molecule has 0 spiro atoms. The summed E-state index contributed by atoms with van der Waals surface area (Å²) in [6.07, 6.45) is 37.7. The molecule has 0 fully saturated rings. The Balaban J connectivity index is 1.68. The lowest BCUT2D eigenvalue weighted by Gasteiger charge is -2.35. The third-order valence-electron chi connectivity index (χ3n) is 25.1. The molecule has 0 bridgehead atoms. The highest BCUT2D eigenvalue weighted by Crippen LogP contribution is 2.42. The highest BCUT2D eigenvalue weighted by Gasteiger charge is 2.41. The lowest BCUT2D eigenvalue weighted by atomic mass is 9.79. The van der Waals surface area contributed by atoms with Crippen LogP contribution in [0.2, 0.25) is 0 Å². The number of unbranched alkanes of at least 4 members (excludes halogenated alkanes) is 8. The number of benzene rings is 2. The van der Waals surface area contributed by atoms with E-state index >= 15 is 19.2 Å². The van der Waals surface area contributed by atoms with Crippen LogP contribution in [-0.2, 0) is 0 Å². The largest absolute Gasteiger partial charge is 0.335 e. The van der Waals surface area contributed by atoms with Crippen LogP contribution in [0.1, 0.15) is 411 Å². The van der Waals surface area contributed by atoms with Gasteiger partial charge in [0.2, 0.25) is 0 Å². The van der Waals surface area contributed by atoms with Crippen molar-refractivity contribution in [3.8, 4) is 0 Å². The van der Waals surface area contributed by atoms with E-state index in [4.69, 9.17) is 20.2 Å². The Morgan fingerprint density at radius 2 is 0.596 bits per heavy atom. The van der Waals surface area contributed by atoms with Crippen molar-refractivity contribution >= 4 is 69.0 Å². The van der Waals surface area contributed by atoms with Crippen LogP contribution in [0.15, 0.2) is 71.1 Å². The number of amides is 4. The molecule has 2 aromatic carbocycles. The molecule has 2 aliphatic rings. The molecular weight excluding hydrogens is 1410 g/mol. The molecule has 1 aromatic heterocycles. The van der Waals surface area contributed by atoms with Crippen molar-refractivity contribution < 1.29 is 19.2 Å². The van der Waals surface area contributed by atoms with Crippen molar-refractivity contribution in [2.45, 2.75) is 382 Å². The number of aromatic nitrogens is 2. The molecule has 638 valence electrons. The van der Waals surface area contributed by atoms with Gasteiger partial charge < -0.3 is 19.6 Å². The first-order valence-corrected chi connectivity index (χ1v) is 46.3. The number of allylic oxidation sites excluding steroid dienone is 4. The van der Waals surface area contributed by atoms with Gasteiger partial charge >= 0.3 is 0 Å². The smallest absolute Gasteiger partial charge is 0.254 e. The molecule has 114 heavy (non-hydrogen) atoms. The molecule has 4 N–H and O–H groups in total. The van der Waals surface area contributed by atoms with Gasteiger partial charge in [0.25, 0.3) is 23.6 Å². The van der Waals surface area contributed by atoms with Crippen LogP contribution in [-0.4, -0.2) is 126 Å². The Kier molecular flexibility index (Phi) is 42.9. The lowest BCUT2D eigenvalue weighted by Crippen LogP contribution is -2.44. The first kappa shape index (κ1) is 97.7. The summed E-state index contributed by atoms with van der Waals surface area (Å²) in [5, 5.41) is 30.7. The van der Waals surface area contributed by atoms with Gasteiger partial charge in [-0.25, -0.2) is 9.97 Å². The second kappa shape index (κ2) is 50.0. The Morgan fingerprint density at radius 1 is 0.360 bits per heavy atom. The van der Waals surface area contributed by atoms with E-state index in [9.17, 15) is 10.8 Å². The van der Waals surface area contributed by atoms with Crippen LogP contribution < -0.4 is 10.9 Å². The summed E-state index contributed by atoms with van der Waals surface area (Å²) in [7, 11) is 0. The molecular formula is C98H162N12O4. The maximum absolute atomic E-state index is 15.8. The van der Waals surface area contributed by atoms with Crippen LogP contribution in [0.25, 0.3) is 11.1 Å². The molecule has 5 rings (SSSR count). The van der Waals surface area contributed by atoms with Crippen LogP contribution in [0.4, 0.5) is 11.4 Å². The van der Waals surface area contributed by atoms with Crippen LogP contribution in [0, 0.1) is 57.2 Å². The molecule has 2 aliphatic carbocycles. The summed E-state index contributed by atoms with van der Waals surface area (Å²) < 4.78 is 0. The molecule has 16 heteroatoms. The Labute approximate surface area is 694 Å². The number of hydrogen-bond donors (Lipinski definition) is 4. The molecule has 10 atom stereocenters. The minimum atomic E-state index is -0.418. The molecule has 0 radical (unpaired) electrons. The predicted octanol–water partition coefficient (Wildman–Crippen LogP) is 26.1. The van der Waals surface area contributed by atoms with Crippen molar-refractivity contribution in [3.05, 3.63) is 94.6 Å². The van der Waals surface area contributed by atoms with Crippen LogP contribution >= 0.6 is 0 Å². The van der Waals surface area contributed by atoms with Crippen molar-refractivity contribution in [1.82, 2.24) is 29.6 Å². The first-order valence-electron chi connectivity index (χ1n) is 46.3. The number of rotatable bonds is 54. The van der Waals surface area contributed by atoms with Crippen molar-refractivity contribution in [2.75, 3.05) is 37.0 Å². The number of hydrazone groups is 2. The summed E-state index contributed by atoms with van der Waals surface area (Å²) in [6, 6.07) is 13.3. The van der Waals surface area contributed by atoms with E-state index in [1.54, 1.807) is 0 Å². The Bertz CT molecular complexity index is 3230. The van der Waals surface area contributed by atoms with Gasteiger partial charge in [0.1, 0.15) is 6.33 Å². The van der Waals surface area contributed by atoms with Crippen molar-refractivity contribution in [1.29, 1.82) is 10.8 Å². The van der Waals surface area contributed by atoms with Gasteiger partial charge in [0, 0.05) is 95.6 Å². The molecule has 16 nitrogen and oxygen atoms in total. The predicted molar refractivity (Wildman–Crippen MR) is 486 cm³/mol. The average molecular weight is 1570 g/mol. The fraction of sp³-hybridized carbons (Fsp3) is 0.714. The van der Waals surface area contributed by atoms with Gasteiger partial charge in [-0.15, -0.1) is 0 Å².